The van der Waals surface area contributed by atoms with Crippen molar-refractivity contribution < 1.29 is 14.4 Å². The highest BCUT2D eigenvalue weighted by Gasteiger charge is 2.24. The van der Waals surface area contributed by atoms with E-state index in [1.54, 1.807) is 12.1 Å². The molecule has 20 heavy (non-hydrogen) atoms. The Labute approximate surface area is 118 Å². The van der Waals surface area contributed by atoms with E-state index in [9.17, 15) is 10.1 Å². The highest BCUT2D eigenvalue weighted by Crippen LogP contribution is 2.30. The van der Waals surface area contributed by atoms with Gasteiger partial charge in [-0.25, -0.2) is 0 Å². The van der Waals surface area contributed by atoms with Crippen molar-refractivity contribution >= 4 is 5.69 Å². The number of rotatable bonds is 6. The lowest BCUT2D eigenvalue weighted by Crippen LogP contribution is -2.26. The molecule has 5 nitrogen and oxygen atoms in total. The maximum Gasteiger partial charge on any atom is 0.269 e. The molecule has 0 spiro atoms. The fourth-order valence-corrected chi connectivity index (χ4v) is 2.28. The third-order valence-corrected chi connectivity index (χ3v) is 3.39. The Morgan fingerprint density at radius 2 is 2.20 bits per heavy atom. The highest BCUT2D eigenvalue weighted by molar-refractivity contribution is 5.33. The summed E-state index contributed by atoms with van der Waals surface area (Å²) in [6, 6.07) is 6.55. The number of nitro groups is 1. The molecule has 2 rings (SSSR count). The van der Waals surface area contributed by atoms with Crippen molar-refractivity contribution in [3.8, 4) is 0 Å². The Balaban J connectivity index is 1.94. The largest absolute Gasteiger partial charge is 0.378 e. The zero-order chi connectivity index (χ0) is 14.4. The minimum absolute atomic E-state index is 0.0433. The average molecular weight is 277 g/mol. The first-order chi connectivity index (χ1) is 9.70. The van der Waals surface area contributed by atoms with E-state index in [1.165, 1.54) is 12.1 Å². The van der Waals surface area contributed by atoms with Crippen LogP contribution in [0.3, 0.4) is 0 Å². The molecule has 1 aromatic carbocycles. The summed E-state index contributed by atoms with van der Waals surface area (Å²) >= 11 is 0. The van der Waals surface area contributed by atoms with Crippen molar-refractivity contribution in [2.24, 2.45) is 0 Å². The minimum atomic E-state index is -0.396. The second kappa shape index (κ2) is 7.17. The summed E-state index contributed by atoms with van der Waals surface area (Å²) in [6.07, 6.45) is 4.50. The van der Waals surface area contributed by atoms with Gasteiger partial charge in [0.2, 0.25) is 0 Å². The van der Waals surface area contributed by atoms with Gasteiger partial charge in [-0.2, -0.15) is 0 Å². The summed E-state index contributed by atoms with van der Waals surface area (Å²) in [4.78, 5) is 10.2. The van der Waals surface area contributed by atoms with Gasteiger partial charge in [-0.1, -0.05) is 6.08 Å². The molecule has 1 heterocycles. The van der Waals surface area contributed by atoms with Gasteiger partial charge in [0.15, 0.2) is 0 Å². The second-order valence-corrected chi connectivity index (χ2v) is 4.80. The van der Waals surface area contributed by atoms with Crippen molar-refractivity contribution in [1.29, 1.82) is 0 Å². The quantitative estimate of drug-likeness (QED) is 0.346. The lowest BCUT2D eigenvalue weighted by Gasteiger charge is -2.29. The first-order valence-corrected chi connectivity index (χ1v) is 6.79. The second-order valence-electron chi connectivity index (χ2n) is 4.80. The molecular formula is C15H19NO4. The topological polar surface area (TPSA) is 61.6 Å². The summed E-state index contributed by atoms with van der Waals surface area (Å²) in [6.45, 7) is 5.00. The van der Waals surface area contributed by atoms with Crippen LogP contribution in [-0.2, 0) is 9.47 Å². The maximum absolute atomic E-state index is 10.6. The molecule has 0 bridgehead atoms. The van der Waals surface area contributed by atoms with Gasteiger partial charge in [-0.15, -0.1) is 6.58 Å². The number of benzene rings is 1. The monoisotopic (exact) mass is 277 g/mol. The Morgan fingerprint density at radius 3 is 2.85 bits per heavy atom. The molecule has 0 radical (unpaired) electrons. The van der Waals surface area contributed by atoms with E-state index in [4.69, 9.17) is 9.47 Å². The predicted molar refractivity (Wildman–Crippen MR) is 75.6 cm³/mol. The standard InChI is InChI=1S/C15H19NO4/c1-2-3-9-19-14-8-10-20-15(11-14)12-4-6-13(7-5-12)16(17)18/h2,4-7,14-15H,1,3,8-11H2. The fraction of sp³-hybridized carbons (Fsp3) is 0.467. The van der Waals surface area contributed by atoms with Gasteiger partial charge in [0.25, 0.3) is 5.69 Å². The molecule has 1 saturated heterocycles. The van der Waals surface area contributed by atoms with Crippen molar-refractivity contribution in [1.82, 2.24) is 0 Å². The molecule has 1 aromatic rings. The van der Waals surface area contributed by atoms with E-state index >= 15 is 0 Å². The molecule has 0 aliphatic carbocycles. The predicted octanol–water partition coefficient (Wildman–Crippen LogP) is 3.41. The van der Waals surface area contributed by atoms with Gasteiger partial charge in [-0.3, -0.25) is 10.1 Å². The molecule has 5 heteroatoms. The summed E-state index contributed by atoms with van der Waals surface area (Å²) in [5, 5.41) is 10.6. The van der Waals surface area contributed by atoms with Crippen molar-refractivity contribution in [3.63, 3.8) is 0 Å². The van der Waals surface area contributed by atoms with Crippen LogP contribution in [0.2, 0.25) is 0 Å². The summed E-state index contributed by atoms with van der Waals surface area (Å²) in [5.74, 6) is 0. The van der Waals surface area contributed by atoms with E-state index in [2.05, 4.69) is 6.58 Å². The van der Waals surface area contributed by atoms with Crippen molar-refractivity contribution in [2.75, 3.05) is 13.2 Å². The number of hydrogen-bond acceptors (Lipinski definition) is 4. The van der Waals surface area contributed by atoms with E-state index in [1.807, 2.05) is 6.08 Å². The van der Waals surface area contributed by atoms with Gasteiger partial charge in [-0.05, 0) is 30.5 Å². The van der Waals surface area contributed by atoms with E-state index in [0.717, 1.165) is 24.8 Å². The molecule has 2 unspecified atom stereocenters. The van der Waals surface area contributed by atoms with Crippen LogP contribution < -0.4 is 0 Å². The highest BCUT2D eigenvalue weighted by atomic mass is 16.6. The van der Waals surface area contributed by atoms with Gasteiger partial charge < -0.3 is 9.47 Å². The first kappa shape index (κ1) is 14.7. The summed E-state index contributed by atoms with van der Waals surface area (Å²) in [5.41, 5.74) is 1.07. The molecule has 1 aliphatic rings. The van der Waals surface area contributed by atoms with Crippen LogP contribution in [0, 0.1) is 10.1 Å². The Bertz CT molecular complexity index is 457. The SMILES string of the molecule is C=CCCOC1CCOC(c2ccc([N+](=O)[O-])cc2)C1. The van der Waals surface area contributed by atoms with Crippen molar-refractivity contribution in [3.05, 3.63) is 52.6 Å². The van der Waals surface area contributed by atoms with Crippen LogP contribution in [0.4, 0.5) is 5.69 Å². The summed E-state index contributed by atoms with van der Waals surface area (Å²) < 4.78 is 11.5. The third-order valence-electron chi connectivity index (χ3n) is 3.39. The number of ether oxygens (including phenoxy) is 2. The minimum Gasteiger partial charge on any atom is -0.378 e. The third kappa shape index (κ3) is 3.88. The van der Waals surface area contributed by atoms with E-state index in [0.29, 0.717) is 13.2 Å². The normalized spacial score (nSPS) is 22.4. The van der Waals surface area contributed by atoms with Gasteiger partial charge >= 0.3 is 0 Å². The van der Waals surface area contributed by atoms with Gasteiger partial charge in [0.1, 0.15) is 0 Å². The van der Waals surface area contributed by atoms with Gasteiger partial charge in [0.05, 0.1) is 23.7 Å². The van der Waals surface area contributed by atoms with E-state index < -0.39 is 4.92 Å². The Kier molecular flexibility index (Phi) is 5.26. The molecule has 2 atom stereocenters. The van der Waals surface area contributed by atoms with Gasteiger partial charge in [0, 0.05) is 25.2 Å². The molecule has 108 valence electrons. The molecule has 0 aromatic heterocycles. The molecule has 0 amide bonds. The average Bonchev–Trinajstić information content (AvgIpc) is 2.48. The molecule has 0 N–H and O–H groups in total. The van der Waals surface area contributed by atoms with Crippen LogP contribution in [0.5, 0.6) is 0 Å². The molecule has 1 aliphatic heterocycles. The lowest BCUT2D eigenvalue weighted by molar-refractivity contribution is -0.384. The van der Waals surface area contributed by atoms with E-state index in [-0.39, 0.29) is 17.9 Å². The molecule has 0 saturated carbocycles. The molecular weight excluding hydrogens is 258 g/mol. The van der Waals surface area contributed by atoms with Crippen LogP contribution in [0.1, 0.15) is 30.9 Å². The first-order valence-electron chi connectivity index (χ1n) is 6.79. The lowest BCUT2D eigenvalue weighted by atomic mass is 9.99. The Hall–Kier alpha value is -1.72. The maximum atomic E-state index is 10.6. The Morgan fingerprint density at radius 1 is 1.45 bits per heavy atom. The van der Waals surface area contributed by atoms with Crippen LogP contribution in [0.25, 0.3) is 0 Å². The van der Waals surface area contributed by atoms with Crippen LogP contribution >= 0.6 is 0 Å². The zero-order valence-electron chi connectivity index (χ0n) is 11.4. The number of nitro benzene ring substituents is 1. The van der Waals surface area contributed by atoms with Crippen LogP contribution in [0.15, 0.2) is 36.9 Å². The number of hydrogen-bond donors (Lipinski definition) is 0. The number of nitrogens with zero attached hydrogens (tertiary/aromatic N) is 1. The van der Waals surface area contributed by atoms with Crippen molar-refractivity contribution in [2.45, 2.75) is 31.5 Å². The molecule has 1 fully saturated rings. The fourth-order valence-electron chi connectivity index (χ4n) is 2.28. The number of non-ortho nitro benzene ring substituents is 1. The van der Waals surface area contributed by atoms with Crippen LogP contribution in [-0.4, -0.2) is 24.2 Å². The summed E-state index contributed by atoms with van der Waals surface area (Å²) in [7, 11) is 0. The smallest absolute Gasteiger partial charge is 0.269 e. The zero-order valence-corrected chi connectivity index (χ0v) is 11.4.